The predicted molar refractivity (Wildman–Crippen MR) is 115 cm³/mol. The molecule has 0 bridgehead atoms. The van der Waals surface area contributed by atoms with Gasteiger partial charge in [-0.3, -0.25) is 14.9 Å². The van der Waals surface area contributed by atoms with Gasteiger partial charge < -0.3 is 5.32 Å². The number of nitro groups is 1. The number of carbonyl (C=O) groups excluding carboxylic acids is 1. The number of nitrogens with zero attached hydrogens (tertiary/aromatic N) is 2. The summed E-state index contributed by atoms with van der Waals surface area (Å²) in [6.07, 6.45) is 4.13. The summed E-state index contributed by atoms with van der Waals surface area (Å²) >= 11 is 0. The van der Waals surface area contributed by atoms with Crippen molar-refractivity contribution in [1.29, 1.82) is 0 Å². The number of benzene rings is 2. The summed E-state index contributed by atoms with van der Waals surface area (Å²) in [7, 11) is -3.27. The Labute approximate surface area is 175 Å². The molecule has 0 atom stereocenters. The lowest BCUT2D eigenvalue weighted by Gasteiger charge is -2.28. The van der Waals surface area contributed by atoms with E-state index in [-0.39, 0.29) is 17.3 Å². The lowest BCUT2D eigenvalue weighted by Crippen LogP contribution is -2.37. The molecule has 158 valence electrons. The molecule has 0 saturated heterocycles. The zero-order valence-electron chi connectivity index (χ0n) is 16.6. The van der Waals surface area contributed by atoms with Gasteiger partial charge in [-0.1, -0.05) is 13.0 Å². The van der Waals surface area contributed by atoms with Gasteiger partial charge in [0.15, 0.2) is 0 Å². The summed E-state index contributed by atoms with van der Waals surface area (Å²) in [5.74, 6) is -0.216. The predicted octanol–water partition coefficient (Wildman–Crippen LogP) is 3.34. The highest BCUT2D eigenvalue weighted by molar-refractivity contribution is 7.89. The number of carbonyl (C=O) groups is 1. The fourth-order valence-electron chi connectivity index (χ4n) is 3.30. The van der Waals surface area contributed by atoms with Gasteiger partial charge in [0.25, 0.3) is 5.69 Å². The highest BCUT2D eigenvalue weighted by atomic mass is 32.2. The van der Waals surface area contributed by atoms with Crippen LogP contribution in [0.1, 0.15) is 30.0 Å². The van der Waals surface area contributed by atoms with Crippen molar-refractivity contribution >= 4 is 33.4 Å². The first-order valence-electron chi connectivity index (χ1n) is 9.61. The van der Waals surface area contributed by atoms with Crippen molar-refractivity contribution < 1.29 is 18.1 Å². The molecule has 1 aliphatic heterocycles. The highest BCUT2D eigenvalue weighted by Gasteiger charge is 2.26. The molecule has 1 amide bonds. The zero-order chi connectivity index (χ0) is 21.7. The maximum absolute atomic E-state index is 12.3. The highest BCUT2D eigenvalue weighted by Crippen LogP contribution is 2.25. The number of non-ortho nitro benzene ring substituents is 1. The molecule has 30 heavy (non-hydrogen) atoms. The molecule has 3 rings (SSSR count). The number of amides is 1. The molecule has 1 heterocycles. The van der Waals surface area contributed by atoms with Crippen molar-refractivity contribution in [2.75, 3.05) is 17.6 Å². The lowest BCUT2D eigenvalue weighted by molar-refractivity contribution is -0.384. The van der Waals surface area contributed by atoms with E-state index in [9.17, 15) is 23.3 Å². The SMILES string of the molecule is CCCS(=O)(=O)N1CCc2ccc(NC(=O)/C=C/c3ccc([N+](=O)[O-])cc3)cc2C1. The second kappa shape index (κ2) is 9.19. The minimum absolute atomic E-state index is 0.0133. The number of anilines is 1. The van der Waals surface area contributed by atoms with E-state index < -0.39 is 14.9 Å². The number of sulfonamides is 1. The molecule has 1 aliphatic rings. The van der Waals surface area contributed by atoms with E-state index >= 15 is 0 Å². The molecule has 8 nitrogen and oxygen atoms in total. The molecule has 0 saturated carbocycles. The summed E-state index contributed by atoms with van der Waals surface area (Å²) in [6.45, 7) is 2.62. The van der Waals surface area contributed by atoms with E-state index in [2.05, 4.69) is 5.32 Å². The molecule has 9 heteroatoms. The Morgan fingerprint density at radius 3 is 2.60 bits per heavy atom. The van der Waals surface area contributed by atoms with Crippen molar-refractivity contribution in [1.82, 2.24) is 4.31 Å². The van der Waals surface area contributed by atoms with Crippen LogP contribution >= 0.6 is 0 Å². The molecule has 0 aliphatic carbocycles. The Bertz CT molecular complexity index is 1080. The second-order valence-corrected chi connectivity index (χ2v) is 9.14. The molecule has 1 N–H and O–H groups in total. The average Bonchev–Trinajstić information content (AvgIpc) is 2.72. The molecule has 0 radical (unpaired) electrons. The number of rotatable bonds is 7. The summed E-state index contributed by atoms with van der Waals surface area (Å²) in [5, 5.41) is 13.4. The first-order valence-corrected chi connectivity index (χ1v) is 11.2. The number of hydrogen-bond acceptors (Lipinski definition) is 5. The van der Waals surface area contributed by atoms with E-state index in [1.165, 1.54) is 22.5 Å². The van der Waals surface area contributed by atoms with Gasteiger partial charge in [0.05, 0.1) is 10.7 Å². The second-order valence-electron chi connectivity index (χ2n) is 7.05. The van der Waals surface area contributed by atoms with E-state index in [1.54, 1.807) is 30.3 Å². The third kappa shape index (κ3) is 5.31. The van der Waals surface area contributed by atoms with Gasteiger partial charge >= 0.3 is 0 Å². The van der Waals surface area contributed by atoms with E-state index in [0.717, 1.165) is 11.1 Å². The van der Waals surface area contributed by atoms with Crippen LogP contribution in [-0.2, 0) is 27.8 Å². The van der Waals surface area contributed by atoms with Gasteiger partial charge in [-0.05, 0) is 59.9 Å². The number of nitrogens with one attached hydrogen (secondary N) is 1. The van der Waals surface area contributed by atoms with Gasteiger partial charge in [-0.25, -0.2) is 8.42 Å². The standard InChI is InChI=1S/C21H23N3O5S/c1-2-13-30(28,29)23-12-11-17-6-7-19(14-18(17)15-23)22-21(25)10-5-16-3-8-20(9-4-16)24(26)27/h3-10,14H,2,11-13,15H2,1H3,(H,22,25)/b10-5+. The number of nitro benzene ring substituents is 1. The minimum atomic E-state index is -3.27. The van der Waals surface area contributed by atoms with E-state index in [1.807, 2.05) is 13.0 Å². The van der Waals surface area contributed by atoms with Crippen LogP contribution in [0, 0.1) is 10.1 Å². The van der Waals surface area contributed by atoms with E-state index in [4.69, 9.17) is 0 Å². The smallest absolute Gasteiger partial charge is 0.269 e. The summed E-state index contributed by atoms with van der Waals surface area (Å²) in [4.78, 5) is 22.4. The molecule has 0 spiro atoms. The molecule has 0 aromatic heterocycles. The Morgan fingerprint density at radius 2 is 1.93 bits per heavy atom. The normalized spacial score (nSPS) is 14.4. The van der Waals surface area contributed by atoms with Gasteiger partial charge in [0, 0.05) is 37.0 Å². The maximum Gasteiger partial charge on any atom is 0.269 e. The summed E-state index contributed by atoms with van der Waals surface area (Å²) < 4.78 is 26.2. The first kappa shape index (κ1) is 21.7. The fraction of sp³-hybridized carbons (Fsp3) is 0.286. The Hall–Kier alpha value is -3.04. The van der Waals surface area contributed by atoms with Crippen LogP contribution in [0.3, 0.4) is 0 Å². The molecule has 2 aromatic carbocycles. The van der Waals surface area contributed by atoms with Crippen LogP contribution in [0.2, 0.25) is 0 Å². The lowest BCUT2D eigenvalue weighted by atomic mass is 10.0. The van der Waals surface area contributed by atoms with Crippen LogP contribution in [0.4, 0.5) is 11.4 Å². The fourth-order valence-corrected chi connectivity index (χ4v) is 4.78. The van der Waals surface area contributed by atoms with Crippen molar-refractivity contribution in [3.8, 4) is 0 Å². The van der Waals surface area contributed by atoms with Gasteiger partial charge in [0.1, 0.15) is 0 Å². The van der Waals surface area contributed by atoms with Gasteiger partial charge in [0.2, 0.25) is 15.9 Å². The summed E-state index contributed by atoms with van der Waals surface area (Å²) in [6, 6.07) is 11.4. The third-order valence-corrected chi connectivity index (χ3v) is 6.86. The molecule has 0 fully saturated rings. The topological polar surface area (TPSA) is 110 Å². The van der Waals surface area contributed by atoms with Gasteiger partial charge in [-0.2, -0.15) is 4.31 Å². The number of fused-ring (bicyclic) bond motifs is 1. The Morgan fingerprint density at radius 1 is 1.20 bits per heavy atom. The molecule has 2 aromatic rings. The van der Waals surface area contributed by atoms with Crippen LogP contribution in [-0.4, -0.2) is 35.9 Å². The average molecular weight is 429 g/mol. The maximum atomic E-state index is 12.3. The minimum Gasteiger partial charge on any atom is -0.323 e. The van der Waals surface area contributed by atoms with E-state index in [0.29, 0.717) is 37.2 Å². The van der Waals surface area contributed by atoms with Crippen LogP contribution in [0.15, 0.2) is 48.5 Å². The third-order valence-electron chi connectivity index (χ3n) is 4.84. The van der Waals surface area contributed by atoms with Crippen molar-refractivity contribution in [3.05, 3.63) is 75.3 Å². The molecule has 0 unspecified atom stereocenters. The van der Waals surface area contributed by atoms with Crippen LogP contribution < -0.4 is 5.32 Å². The van der Waals surface area contributed by atoms with Crippen molar-refractivity contribution in [3.63, 3.8) is 0 Å². The monoisotopic (exact) mass is 429 g/mol. The van der Waals surface area contributed by atoms with Crippen LogP contribution in [0.25, 0.3) is 6.08 Å². The van der Waals surface area contributed by atoms with Crippen molar-refractivity contribution in [2.24, 2.45) is 0 Å². The van der Waals surface area contributed by atoms with Gasteiger partial charge in [-0.15, -0.1) is 0 Å². The number of hydrogen-bond donors (Lipinski definition) is 1. The van der Waals surface area contributed by atoms with Crippen molar-refractivity contribution in [2.45, 2.75) is 26.3 Å². The molecular formula is C21H23N3O5S. The first-order chi connectivity index (χ1) is 14.3. The molecular weight excluding hydrogens is 406 g/mol. The summed E-state index contributed by atoms with van der Waals surface area (Å²) in [5.41, 5.74) is 3.20. The largest absolute Gasteiger partial charge is 0.323 e. The zero-order valence-corrected chi connectivity index (χ0v) is 17.4. The van der Waals surface area contributed by atoms with Crippen LogP contribution in [0.5, 0.6) is 0 Å². The quantitative estimate of drug-likeness (QED) is 0.412. The Balaban J connectivity index is 1.66. The Kier molecular flexibility index (Phi) is 6.63.